The number of aliphatic carboxylic acids is 1. The third-order valence-corrected chi connectivity index (χ3v) is 3.57. The second kappa shape index (κ2) is 8.84. The molecular weight excluding hydrogens is 392 g/mol. The molecule has 0 bridgehead atoms. The zero-order valence-electron chi connectivity index (χ0n) is 13.0. The highest BCUT2D eigenvalue weighted by molar-refractivity contribution is 9.10. The molecular formula is C17H14BrN2O5-. The molecule has 0 aliphatic heterocycles. The Balaban J connectivity index is 2.14. The number of carboxylic acid groups (broad SMARTS) is 1. The highest BCUT2D eigenvalue weighted by atomic mass is 79.9. The first-order chi connectivity index (χ1) is 12.0. The summed E-state index contributed by atoms with van der Waals surface area (Å²) in [4.78, 5) is 34.9. The van der Waals surface area contributed by atoms with Crippen molar-refractivity contribution >= 4 is 39.8 Å². The molecule has 0 fully saturated rings. The molecule has 0 saturated heterocycles. The van der Waals surface area contributed by atoms with Crippen LogP contribution in [0.25, 0.3) is 6.08 Å². The zero-order chi connectivity index (χ0) is 18.2. The average Bonchev–Trinajstić information content (AvgIpc) is 3.07. The molecule has 0 aliphatic rings. The topological polar surface area (TPSA) is 111 Å². The highest BCUT2D eigenvalue weighted by Crippen LogP contribution is 2.12. The number of rotatable bonds is 7. The third kappa shape index (κ3) is 5.92. The van der Waals surface area contributed by atoms with Crippen LogP contribution in [0.4, 0.5) is 0 Å². The van der Waals surface area contributed by atoms with Gasteiger partial charge in [-0.3, -0.25) is 9.59 Å². The molecule has 2 N–H and O–H groups in total. The Morgan fingerprint density at radius 3 is 2.48 bits per heavy atom. The van der Waals surface area contributed by atoms with Crippen molar-refractivity contribution in [2.24, 2.45) is 0 Å². The number of carboxylic acids is 1. The maximum absolute atomic E-state index is 12.3. The average molecular weight is 406 g/mol. The summed E-state index contributed by atoms with van der Waals surface area (Å²) in [5.74, 6) is -2.04. The predicted octanol–water partition coefficient (Wildman–Crippen LogP) is 1.07. The maximum atomic E-state index is 12.3. The summed E-state index contributed by atoms with van der Waals surface area (Å²) in [5, 5.41) is 15.3. The molecule has 2 amide bonds. The fourth-order valence-corrected chi connectivity index (χ4v) is 2.11. The summed E-state index contributed by atoms with van der Waals surface area (Å²) >= 11 is 3.28. The van der Waals surface area contributed by atoms with Gasteiger partial charge in [-0.05, 0) is 36.4 Å². The van der Waals surface area contributed by atoms with Crippen molar-refractivity contribution in [2.45, 2.75) is 6.42 Å². The van der Waals surface area contributed by atoms with E-state index in [-0.39, 0.29) is 18.7 Å². The molecule has 0 radical (unpaired) electrons. The number of hydrogen-bond donors (Lipinski definition) is 2. The van der Waals surface area contributed by atoms with Crippen LogP contribution in [0.5, 0.6) is 0 Å². The van der Waals surface area contributed by atoms with Crippen LogP contribution in [0.1, 0.15) is 22.5 Å². The number of carbonyl (C=O) groups is 3. The van der Waals surface area contributed by atoms with E-state index in [1.165, 1.54) is 12.3 Å². The minimum Gasteiger partial charge on any atom is -0.550 e. The number of nitrogens with one attached hydrogen (secondary N) is 2. The van der Waals surface area contributed by atoms with Crippen molar-refractivity contribution in [1.29, 1.82) is 0 Å². The van der Waals surface area contributed by atoms with E-state index in [1.807, 2.05) is 0 Å². The van der Waals surface area contributed by atoms with E-state index in [1.54, 1.807) is 36.4 Å². The number of benzene rings is 1. The van der Waals surface area contributed by atoms with Gasteiger partial charge in [0.15, 0.2) is 0 Å². The van der Waals surface area contributed by atoms with E-state index in [9.17, 15) is 19.5 Å². The molecule has 0 aliphatic carbocycles. The summed E-state index contributed by atoms with van der Waals surface area (Å²) in [6, 6.07) is 9.83. The van der Waals surface area contributed by atoms with E-state index < -0.39 is 17.8 Å². The maximum Gasteiger partial charge on any atom is 0.267 e. The van der Waals surface area contributed by atoms with Crippen molar-refractivity contribution in [1.82, 2.24) is 10.6 Å². The zero-order valence-corrected chi connectivity index (χ0v) is 14.5. The van der Waals surface area contributed by atoms with E-state index in [2.05, 4.69) is 26.6 Å². The summed E-state index contributed by atoms with van der Waals surface area (Å²) in [7, 11) is 0. The van der Waals surface area contributed by atoms with Crippen LogP contribution >= 0.6 is 15.9 Å². The van der Waals surface area contributed by atoms with Crippen LogP contribution in [-0.2, 0) is 9.59 Å². The minimum atomic E-state index is -1.28. The van der Waals surface area contributed by atoms with Crippen molar-refractivity contribution in [3.8, 4) is 0 Å². The number of furan rings is 1. The largest absolute Gasteiger partial charge is 0.550 e. The van der Waals surface area contributed by atoms with Crippen molar-refractivity contribution < 1.29 is 23.9 Å². The van der Waals surface area contributed by atoms with Crippen LogP contribution < -0.4 is 15.7 Å². The lowest BCUT2D eigenvalue weighted by molar-refractivity contribution is -0.305. The Labute approximate surface area is 151 Å². The fraction of sp³-hybridized carbons (Fsp3) is 0.118. The van der Waals surface area contributed by atoms with Gasteiger partial charge in [-0.2, -0.15) is 0 Å². The Bertz CT molecular complexity index is 782. The fourth-order valence-electron chi connectivity index (χ4n) is 1.84. The van der Waals surface area contributed by atoms with Gasteiger partial charge in [0.05, 0.1) is 6.26 Å². The molecule has 2 rings (SSSR count). The predicted molar refractivity (Wildman–Crippen MR) is 90.9 cm³/mol. The Morgan fingerprint density at radius 2 is 1.88 bits per heavy atom. The first-order valence-corrected chi connectivity index (χ1v) is 8.05. The molecule has 1 aromatic heterocycles. The third-order valence-electron chi connectivity index (χ3n) is 3.04. The Hall–Kier alpha value is -2.87. The summed E-state index contributed by atoms with van der Waals surface area (Å²) in [6.07, 6.45) is 2.44. The first-order valence-electron chi connectivity index (χ1n) is 7.26. The Morgan fingerprint density at radius 1 is 1.16 bits per heavy atom. The smallest absolute Gasteiger partial charge is 0.267 e. The van der Waals surface area contributed by atoms with Crippen molar-refractivity contribution in [3.05, 3.63) is 64.2 Å². The second-order valence-corrected chi connectivity index (χ2v) is 5.83. The van der Waals surface area contributed by atoms with Crippen LogP contribution in [-0.4, -0.2) is 24.3 Å². The van der Waals surface area contributed by atoms with Gasteiger partial charge in [-0.25, -0.2) is 0 Å². The Kier molecular flexibility index (Phi) is 6.53. The molecule has 1 heterocycles. The lowest BCUT2D eigenvalue weighted by atomic mass is 10.2. The first kappa shape index (κ1) is 18.5. The van der Waals surface area contributed by atoms with Crippen LogP contribution in [0.15, 0.2) is 57.2 Å². The molecule has 0 atom stereocenters. The second-order valence-electron chi connectivity index (χ2n) is 4.91. The van der Waals surface area contributed by atoms with Gasteiger partial charge in [-0.15, -0.1) is 0 Å². The quantitative estimate of drug-likeness (QED) is 0.669. The van der Waals surface area contributed by atoms with Gasteiger partial charge in [0.25, 0.3) is 11.8 Å². The van der Waals surface area contributed by atoms with E-state index >= 15 is 0 Å². The highest BCUT2D eigenvalue weighted by Gasteiger charge is 2.15. The van der Waals surface area contributed by atoms with Gasteiger partial charge in [-0.1, -0.05) is 15.9 Å². The summed E-state index contributed by atoms with van der Waals surface area (Å²) in [6.45, 7) is -0.120. The number of hydrogen-bond acceptors (Lipinski definition) is 5. The molecule has 0 spiro atoms. The summed E-state index contributed by atoms with van der Waals surface area (Å²) < 4.78 is 5.96. The molecule has 7 nitrogen and oxygen atoms in total. The lowest BCUT2D eigenvalue weighted by Gasteiger charge is -2.11. The van der Waals surface area contributed by atoms with Gasteiger partial charge in [0.2, 0.25) is 0 Å². The minimum absolute atomic E-state index is 0.0683. The van der Waals surface area contributed by atoms with Crippen LogP contribution in [0.3, 0.4) is 0 Å². The normalized spacial score (nSPS) is 11.0. The SMILES string of the molecule is O=C([O-])CCNC(=O)/C(=C/c1ccco1)NC(=O)c1ccc(Br)cc1. The standard InChI is InChI=1S/C17H15BrN2O5/c18-12-5-3-11(4-6-12)16(23)20-14(10-13-2-1-9-25-13)17(24)19-8-7-15(21)22/h1-6,9-10H,7-8H2,(H,19,24)(H,20,23)(H,21,22)/p-1/b14-10-. The number of carbonyl (C=O) groups excluding carboxylic acids is 3. The van der Waals surface area contributed by atoms with Crippen LogP contribution in [0, 0.1) is 0 Å². The van der Waals surface area contributed by atoms with Crippen molar-refractivity contribution in [3.63, 3.8) is 0 Å². The van der Waals surface area contributed by atoms with Crippen molar-refractivity contribution in [2.75, 3.05) is 6.54 Å². The van der Waals surface area contributed by atoms with Gasteiger partial charge in [0.1, 0.15) is 11.5 Å². The summed E-state index contributed by atoms with van der Waals surface area (Å²) in [5.41, 5.74) is 0.289. The molecule has 0 unspecified atom stereocenters. The van der Waals surface area contributed by atoms with Gasteiger partial charge in [0, 0.05) is 35.0 Å². The van der Waals surface area contributed by atoms with E-state index in [0.29, 0.717) is 11.3 Å². The molecule has 8 heteroatoms. The molecule has 25 heavy (non-hydrogen) atoms. The van der Waals surface area contributed by atoms with E-state index in [4.69, 9.17) is 4.42 Å². The molecule has 2 aromatic rings. The molecule has 1 aromatic carbocycles. The van der Waals surface area contributed by atoms with Gasteiger partial charge >= 0.3 is 0 Å². The molecule has 130 valence electrons. The monoisotopic (exact) mass is 405 g/mol. The molecule has 0 saturated carbocycles. The van der Waals surface area contributed by atoms with Crippen LogP contribution in [0.2, 0.25) is 0 Å². The lowest BCUT2D eigenvalue weighted by Crippen LogP contribution is -2.37. The van der Waals surface area contributed by atoms with Gasteiger partial charge < -0.3 is 25.0 Å². The number of amides is 2. The number of halogens is 1. The van der Waals surface area contributed by atoms with E-state index in [0.717, 1.165) is 4.47 Å².